The fourth-order valence-corrected chi connectivity index (χ4v) is 3.48. The Labute approximate surface area is 108 Å². The van der Waals surface area contributed by atoms with Gasteiger partial charge >= 0.3 is 0 Å². The molecule has 0 saturated heterocycles. The van der Waals surface area contributed by atoms with Crippen LogP contribution in [-0.2, 0) is 9.84 Å². The van der Waals surface area contributed by atoms with Gasteiger partial charge in [-0.15, -0.1) is 0 Å². The number of rotatable bonds is 5. The van der Waals surface area contributed by atoms with Gasteiger partial charge in [-0.1, -0.05) is 6.92 Å². The summed E-state index contributed by atoms with van der Waals surface area (Å²) in [7, 11) is -3.10. The molecule has 1 saturated carbocycles. The Morgan fingerprint density at radius 1 is 1.28 bits per heavy atom. The number of nitrogens with one attached hydrogen (secondary N) is 1. The molecule has 0 heterocycles. The van der Waals surface area contributed by atoms with Crippen molar-refractivity contribution >= 4 is 15.5 Å². The lowest BCUT2D eigenvalue weighted by Crippen LogP contribution is -2.44. The van der Waals surface area contributed by atoms with E-state index in [1.165, 1.54) is 0 Å². The van der Waals surface area contributed by atoms with Gasteiger partial charge in [0.2, 0.25) is 0 Å². The molecule has 1 fully saturated rings. The summed E-state index contributed by atoms with van der Waals surface area (Å²) in [6, 6.07) is 7.74. The lowest BCUT2D eigenvalue weighted by molar-refractivity contribution is 0.373. The zero-order chi connectivity index (χ0) is 13.2. The average molecular weight is 268 g/mol. The maximum Gasteiger partial charge on any atom is 0.178 e. The maximum atomic E-state index is 11.8. The highest BCUT2D eigenvalue weighted by atomic mass is 32.2. The summed E-state index contributed by atoms with van der Waals surface area (Å²) in [5, 5.41) is 3.34. The van der Waals surface area contributed by atoms with Crippen molar-refractivity contribution < 1.29 is 8.42 Å². The number of anilines is 1. The van der Waals surface area contributed by atoms with Gasteiger partial charge in [-0.2, -0.15) is 0 Å². The summed E-state index contributed by atoms with van der Waals surface area (Å²) in [5.41, 5.74) is 6.68. The van der Waals surface area contributed by atoms with E-state index in [-0.39, 0.29) is 5.75 Å². The molecule has 18 heavy (non-hydrogen) atoms. The molecule has 1 aliphatic carbocycles. The van der Waals surface area contributed by atoms with Crippen LogP contribution in [0.2, 0.25) is 0 Å². The smallest absolute Gasteiger partial charge is 0.178 e. The molecule has 0 aromatic heterocycles. The molecule has 1 aliphatic rings. The zero-order valence-electron chi connectivity index (χ0n) is 10.6. The molecule has 0 radical (unpaired) electrons. The Balaban J connectivity index is 2.01. The Hall–Kier alpha value is -1.07. The Bertz CT molecular complexity index is 490. The Kier molecular flexibility index (Phi) is 3.92. The zero-order valence-corrected chi connectivity index (χ0v) is 11.4. The highest BCUT2D eigenvalue weighted by molar-refractivity contribution is 7.91. The van der Waals surface area contributed by atoms with Crippen LogP contribution in [0.15, 0.2) is 29.2 Å². The standard InChI is InChI=1S/C13H20N2O2S/c1-2-7-18(16,17)13-5-3-11(4-6-13)15-12-8-10(14)9-12/h3-6,10,12,15H,2,7-9,14H2,1H3. The molecule has 0 bridgehead atoms. The van der Waals surface area contributed by atoms with Gasteiger partial charge in [-0.25, -0.2) is 8.42 Å². The van der Waals surface area contributed by atoms with Gasteiger partial charge in [0.15, 0.2) is 9.84 Å². The molecule has 0 unspecified atom stereocenters. The van der Waals surface area contributed by atoms with Crippen LogP contribution < -0.4 is 11.1 Å². The number of hydrogen-bond acceptors (Lipinski definition) is 4. The molecule has 4 nitrogen and oxygen atoms in total. The number of nitrogens with two attached hydrogens (primary N) is 1. The SMILES string of the molecule is CCCS(=O)(=O)c1ccc(NC2CC(N)C2)cc1. The molecule has 1 aromatic carbocycles. The molecule has 2 rings (SSSR count). The second-order valence-corrected chi connectivity index (χ2v) is 7.03. The van der Waals surface area contributed by atoms with Crippen molar-refractivity contribution in [3.8, 4) is 0 Å². The fourth-order valence-electron chi connectivity index (χ4n) is 2.16. The molecule has 100 valence electrons. The van der Waals surface area contributed by atoms with Gasteiger partial charge in [-0.05, 0) is 43.5 Å². The van der Waals surface area contributed by atoms with E-state index < -0.39 is 9.84 Å². The minimum Gasteiger partial charge on any atom is -0.382 e. The Morgan fingerprint density at radius 3 is 2.39 bits per heavy atom. The van der Waals surface area contributed by atoms with Crippen LogP contribution >= 0.6 is 0 Å². The first kappa shape index (κ1) is 13.4. The predicted octanol–water partition coefficient (Wildman–Crippen LogP) is 1.77. The van der Waals surface area contributed by atoms with Crippen molar-refractivity contribution in [1.82, 2.24) is 0 Å². The highest BCUT2D eigenvalue weighted by Crippen LogP contribution is 2.23. The third-order valence-corrected chi connectivity index (χ3v) is 5.17. The first-order valence-corrected chi connectivity index (χ1v) is 8.01. The molecule has 0 aliphatic heterocycles. The molecular formula is C13H20N2O2S. The van der Waals surface area contributed by atoms with Crippen molar-refractivity contribution in [3.63, 3.8) is 0 Å². The van der Waals surface area contributed by atoms with Gasteiger partial charge in [0, 0.05) is 17.8 Å². The quantitative estimate of drug-likeness (QED) is 0.853. The maximum absolute atomic E-state index is 11.8. The van der Waals surface area contributed by atoms with Crippen LogP contribution in [0.3, 0.4) is 0 Å². The van der Waals surface area contributed by atoms with Gasteiger partial charge in [0.05, 0.1) is 10.6 Å². The van der Waals surface area contributed by atoms with E-state index in [9.17, 15) is 8.42 Å². The second-order valence-electron chi connectivity index (χ2n) is 4.92. The molecule has 1 aromatic rings. The van der Waals surface area contributed by atoms with E-state index in [4.69, 9.17) is 5.73 Å². The van der Waals surface area contributed by atoms with Crippen LogP contribution in [0.1, 0.15) is 26.2 Å². The lowest BCUT2D eigenvalue weighted by atomic mass is 9.87. The summed E-state index contributed by atoms with van der Waals surface area (Å²) in [4.78, 5) is 0.403. The largest absolute Gasteiger partial charge is 0.382 e. The van der Waals surface area contributed by atoms with Crippen molar-refractivity contribution in [2.45, 2.75) is 43.2 Å². The minimum atomic E-state index is -3.10. The van der Waals surface area contributed by atoms with E-state index in [2.05, 4.69) is 5.32 Å². The number of sulfone groups is 1. The summed E-state index contributed by atoms with van der Waals surface area (Å²) in [6.07, 6.45) is 2.61. The van der Waals surface area contributed by atoms with Crippen LogP contribution in [0, 0.1) is 0 Å². The van der Waals surface area contributed by atoms with Crippen LogP contribution in [0.5, 0.6) is 0 Å². The van der Waals surface area contributed by atoms with Gasteiger partial charge < -0.3 is 11.1 Å². The topological polar surface area (TPSA) is 72.2 Å². The fraction of sp³-hybridized carbons (Fsp3) is 0.538. The molecule has 5 heteroatoms. The van der Waals surface area contributed by atoms with E-state index in [1.54, 1.807) is 12.1 Å². The summed E-state index contributed by atoms with van der Waals surface area (Å²) in [6.45, 7) is 1.87. The van der Waals surface area contributed by atoms with E-state index >= 15 is 0 Å². The number of benzene rings is 1. The molecule has 3 N–H and O–H groups in total. The third-order valence-electron chi connectivity index (χ3n) is 3.23. The van der Waals surface area contributed by atoms with E-state index in [0.717, 1.165) is 18.5 Å². The summed E-state index contributed by atoms with van der Waals surface area (Å²) >= 11 is 0. The van der Waals surface area contributed by atoms with Crippen molar-refractivity contribution in [2.75, 3.05) is 11.1 Å². The van der Waals surface area contributed by atoms with Crippen molar-refractivity contribution in [3.05, 3.63) is 24.3 Å². The lowest BCUT2D eigenvalue weighted by Gasteiger charge is -2.33. The van der Waals surface area contributed by atoms with E-state index in [1.807, 2.05) is 19.1 Å². The van der Waals surface area contributed by atoms with Crippen molar-refractivity contribution in [1.29, 1.82) is 0 Å². The van der Waals surface area contributed by atoms with Gasteiger partial charge in [-0.3, -0.25) is 0 Å². The second kappa shape index (κ2) is 5.28. The van der Waals surface area contributed by atoms with Crippen molar-refractivity contribution in [2.24, 2.45) is 5.73 Å². The molecular weight excluding hydrogens is 248 g/mol. The highest BCUT2D eigenvalue weighted by Gasteiger charge is 2.25. The molecule has 0 atom stereocenters. The Morgan fingerprint density at radius 2 is 1.89 bits per heavy atom. The first-order chi connectivity index (χ1) is 8.51. The monoisotopic (exact) mass is 268 g/mol. The number of hydrogen-bond donors (Lipinski definition) is 2. The van der Waals surface area contributed by atoms with Gasteiger partial charge in [0.25, 0.3) is 0 Å². The van der Waals surface area contributed by atoms with Crippen LogP contribution in [-0.4, -0.2) is 26.3 Å². The van der Waals surface area contributed by atoms with Gasteiger partial charge in [0.1, 0.15) is 0 Å². The minimum absolute atomic E-state index is 0.206. The first-order valence-electron chi connectivity index (χ1n) is 6.36. The summed E-state index contributed by atoms with van der Waals surface area (Å²) in [5.74, 6) is 0.206. The van der Waals surface area contributed by atoms with Crippen LogP contribution in [0.25, 0.3) is 0 Å². The van der Waals surface area contributed by atoms with E-state index in [0.29, 0.717) is 23.4 Å². The molecule has 0 amide bonds. The third kappa shape index (κ3) is 3.03. The molecule has 0 spiro atoms. The van der Waals surface area contributed by atoms with Crippen LogP contribution in [0.4, 0.5) is 5.69 Å². The summed E-state index contributed by atoms with van der Waals surface area (Å²) < 4.78 is 23.7. The normalized spacial score (nSPS) is 23.4. The predicted molar refractivity (Wildman–Crippen MR) is 73.4 cm³/mol. The average Bonchev–Trinajstić information content (AvgIpc) is 2.28.